The van der Waals surface area contributed by atoms with E-state index in [0.29, 0.717) is 31.7 Å². The van der Waals surface area contributed by atoms with Crippen molar-refractivity contribution in [3.05, 3.63) is 11.8 Å². The Hall–Kier alpha value is -2.24. The average molecular weight is 690 g/mol. The Kier molecular flexibility index (Phi) is 13.0. The molecule has 0 aromatic carbocycles. The first-order chi connectivity index (χ1) is 22.6. The van der Waals surface area contributed by atoms with E-state index < -0.39 is 84.4 Å². The summed E-state index contributed by atoms with van der Waals surface area (Å²) in [7, 11) is 1.56. The molecule has 0 bridgehead atoms. The van der Waals surface area contributed by atoms with Crippen LogP contribution in [-0.4, -0.2) is 155 Å². The number of nitrogens with one attached hydrogen (secondary N) is 5. The predicted octanol–water partition coefficient (Wildman–Crippen LogP) is -5.98. The molecule has 2 aliphatic carbocycles. The molecule has 48 heavy (non-hydrogen) atoms. The standard InChI is InChI=1S/C29H55N9O10/c1-28(43)12-45-25(20(41)23(28)35-2)48-22-18(38-26(42)29(44)8-13(9-29)37-27(33)34)7-17(32)21(19(22)40)47-24-16(31)4-3-15(46-24)11-36-10-14(39)5-6-30/h3,13-14,16-25,35-36,39-41,43-44H,4-12,30-32H2,1-2H3,(H,38,42)(H4,33,34,37)/t13?,14?,16-,17+,18-,19+,20-,21?,22+,23-,24-,25-,28+,29?/m1/s1. The summed E-state index contributed by atoms with van der Waals surface area (Å²) in [4.78, 5) is 13.3. The van der Waals surface area contributed by atoms with Gasteiger partial charge in [-0.15, -0.1) is 0 Å². The van der Waals surface area contributed by atoms with Gasteiger partial charge in [0.15, 0.2) is 12.2 Å². The number of nitrogens with two attached hydrogens (primary N) is 4. The SMILES string of the molecule is CN[C@@H]1[C@@H](O)[C@@H](O[C@H]2[C@H](NC(=O)C3(O)CC(NC(=N)N)C3)C[C@H](N)C(O[C@H]3OC(CNCC(O)CCN)=CC[C@H]3N)[C@@H]2O)OC[C@]1(C)O. The predicted molar refractivity (Wildman–Crippen MR) is 171 cm³/mol. The van der Waals surface area contributed by atoms with Gasteiger partial charge in [0.25, 0.3) is 5.91 Å². The highest BCUT2D eigenvalue weighted by atomic mass is 16.7. The lowest BCUT2D eigenvalue weighted by molar-refractivity contribution is -0.304. The van der Waals surface area contributed by atoms with Crippen molar-refractivity contribution >= 4 is 11.9 Å². The molecule has 19 nitrogen and oxygen atoms in total. The van der Waals surface area contributed by atoms with E-state index in [0.717, 1.165) is 0 Å². The average Bonchev–Trinajstić information content (AvgIpc) is 2.98. The van der Waals surface area contributed by atoms with E-state index in [2.05, 4.69) is 21.3 Å². The monoisotopic (exact) mass is 689 g/mol. The van der Waals surface area contributed by atoms with Crippen LogP contribution in [0.2, 0.25) is 0 Å². The summed E-state index contributed by atoms with van der Waals surface area (Å²) in [5.74, 6) is -0.497. The third kappa shape index (κ3) is 9.10. The summed E-state index contributed by atoms with van der Waals surface area (Å²) in [5.41, 5.74) is 20.5. The smallest absolute Gasteiger partial charge is 0.252 e. The van der Waals surface area contributed by atoms with Gasteiger partial charge in [-0.25, -0.2) is 0 Å². The van der Waals surface area contributed by atoms with Crippen LogP contribution in [0.4, 0.5) is 0 Å². The first kappa shape index (κ1) is 38.6. The summed E-state index contributed by atoms with van der Waals surface area (Å²) < 4.78 is 24.0. The second-order valence-electron chi connectivity index (χ2n) is 13.6. The maximum absolute atomic E-state index is 13.3. The lowest BCUT2D eigenvalue weighted by Gasteiger charge is -2.49. The second-order valence-corrected chi connectivity index (χ2v) is 13.6. The Balaban J connectivity index is 1.48. The number of hydrogen-bond donors (Lipinski definition) is 14. The number of carbonyl (C=O) groups excluding carboxylic acids is 1. The van der Waals surface area contributed by atoms with Crippen LogP contribution in [0.1, 0.15) is 39.0 Å². The van der Waals surface area contributed by atoms with Crippen molar-refractivity contribution in [3.8, 4) is 0 Å². The normalized spacial score (nSPS) is 42.1. The van der Waals surface area contributed by atoms with Gasteiger partial charge in [-0.05, 0) is 45.9 Å². The van der Waals surface area contributed by atoms with Crippen molar-refractivity contribution in [2.75, 3.05) is 33.3 Å². The molecule has 2 aliphatic heterocycles. The minimum Gasteiger partial charge on any atom is -0.467 e. The van der Waals surface area contributed by atoms with Gasteiger partial charge in [0.05, 0.1) is 37.4 Å². The van der Waals surface area contributed by atoms with Crippen molar-refractivity contribution in [3.63, 3.8) is 0 Å². The number of likely N-dealkylation sites (N-methyl/N-ethyl adjacent to an activating group) is 1. The molecule has 276 valence electrons. The number of guanidine groups is 1. The molecule has 3 fully saturated rings. The molecule has 18 N–H and O–H groups in total. The fourth-order valence-corrected chi connectivity index (χ4v) is 6.74. The van der Waals surface area contributed by atoms with Crippen molar-refractivity contribution < 1.29 is 49.3 Å². The third-order valence-electron chi connectivity index (χ3n) is 9.42. The molecule has 0 radical (unpaired) electrons. The molecule has 1 amide bonds. The fourth-order valence-electron chi connectivity index (χ4n) is 6.74. The molecule has 2 saturated carbocycles. The molecule has 0 spiro atoms. The molecule has 4 rings (SSSR count). The van der Waals surface area contributed by atoms with E-state index >= 15 is 0 Å². The number of amides is 1. The third-order valence-corrected chi connectivity index (χ3v) is 9.42. The highest BCUT2D eigenvalue weighted by Gasteiger charge is 2.54. The number of rotatable bonds is 14. The summed E-state index contributed by atoms with van der Waals surface area (Å²) in [6.07, 6.45) is -5.59. The Bertz CT molecular complexity index is 1130. The molecule has 0 aromatic heterocycles. The van der Waals surface area contributed by atoms with Crippen LogP contribution in [0.25, 0.3) is 0 Å². The Morgan fingerprint density at radius 3 is 2.46 bits per heavy atom. The molecular formula is C29H55N9O10. The summed E-state index contributed by atoms with van der Waals surface area (Å²) in [5, 5.41) is 73.2. The second kappa shape index (κ2) is 16.2. The van der Waals surface area contributed by atoms with E-state index in [1.807, 2.05) is 0 Å². The highest BCUT2D eigenvalue weighted by molar-refractivity contribution is 5.87. The zero-order valence-electron chi connectivity index (χ0n) is 27.5. The fraction of sp³-hybridized carbons (Fsp3) is 0.862. The number of aliphatic hydroxyl groups is 5. The molecule has 2 unspecified atom stereocenters. The molecular weight excluding hydrogens is 634 g/mol. The quantitative estimate of drug-likeness (QED) is 0.0596. The van der Waals surface area contributed by atoms with Gasteiger partial charge in [0, 0.05) is 31.5 Å². The largest absolute Gasteiger partial charge is 0.467 e. The summed E-state index contributed by atoms with van der Waals surface area (Å²) >= 11 is 0. The van der Waals surface area contributed by atoms with Gasteiger partial charge in [-0.1, -0.05) is 0 Å². The van der Waals surface area contributed by atoms with E-state index in [4.69, 9.17) is 47.3 Å². The Morgan fingerprint density at radius 1 is 1.12 bits per heavy atom. The molecule has 1 saturated heterocycles. The number of ether oxygens (including phenoxy) is 4. The van der Waals surface area contributed by atoms with Gasteiger partial charge in [-0.3, -0.25) is 10.2 Å². The zero-order chi connectivity index (χ0) is 35.4. The van der Waals surface area contributed by atoms with Crippen LogP contribution in [0.5, 0.6) is 0 Å². The maximum atomic E-state index is 13.3. The first-order valence-electron chi connectivity index (χ1n) is 16.4. The van der Waals surface area contributed by atoms with Gasteiger partial charge in [0.1, 0.15) is 41.4 Å². The van der Waals surface area contributed by atoms with Crippen LogP contribution < -0.4 is 44.2 Å². The number of hydrogen-bond acceptors (Lipinski definition) is 16. The van der Waals surface area contributed by atoms with Crippen molar-refractivity contribution in [2.45, 2.75) is 124 Å². The minimum absolute atomic E-state index is 0.00597. The van der Waals surface area contributed by atoms with Crippen LogP contribution in [0.15, 0.2) is 11.8 Å². The lowest BCUT2D eigenvalue weighted by atomic mass is 9.74. The zero-order valence-corrected chi connectivity index (χ0v) is 27.5. The Labute approximate surface area is 279 Å². The topological polar surface area (TPSA) is 331 Å². The molecule has 4 aliphatic rings. The summed E-state index contributed by atoms with van der Waals surface area (Å²) in [6, 6.07) is -3.68. The van der Waals surface area contributed by atoms with Gasteiger partial charge < -0.3 is 88.7 Å². The van der Waals surface area contributed by atoms with E-state index in [1.165, 1.54) is 6.92 Å². The Morgan fingerprint density at radius 2 is 1.81 bits per heavy atom. The molecule has 2 heterocycles. The van der Waals surface area contributed by atoms with Crippen LogP contribution in [0, 0.1) is 5.41 Å². The van der Waals surface area contributed by atoms with Crippen LogP contribution in [-0.2, 0) is 23.7 Å². The molecule has 0 aromatic rings. The minimum atomic E-state index is -1.77. The van der Waals surface area contributed by atoms with Crippen molar-refractivity contribution in [1.29, 1.82) is 5.41 Å². The van der Waals surface area contributed by atoms with Gasteiger partial charge in [-0.2, -0.15) is 0 Å². The van der Waals surface area contributed by atoms with Crippen molar-refractivity contribution in [1.82, 2.24) is 21.3 Å². The summed E-state index contributed by atoms with van der Waals surface area (Å²) in [6.45, 7) is 2.23. The van der Waals surface area contributed by atoms with E-state index in [1.54, 1.807) is 13.1 Å². The molecule has 12 atom stereocenters. The van der Waals surface area contributed by atoms with Crippen molar-refractivity contribution in [2.24, 2.45) is 22.9 Å². The van der Waals surface area contributed by atoms with E-state index in [-0.39, 0.29) is 44.4 Å². The first-order valence-corrected chi connectivity index (χ1v) is 16.4. The lowest BCUT2D eigenvalue weighted by Crippen LogP contribution is -2.71. The van der Waals surface area contributed by atoms with Crippen LogP contribution >= 0.6 is 0 Å². The highest BCUT2D eigenvalue weighted by Crippen LogP contribution is 2.35. The molecule has 19 heteroatoms. The van der Waals surface area contributed by atoms with Gasteiger partial charge >= 0.3 is 0 Å². The van der Waals surface area contributed by atoms with Crippen LogP contribution in [0.3, 0.4) is 0 Å². The van der Waals surface area contributed by atoms with Gasteiger partial charge in [0.2, 0.25) is 6.29 Å². The number of aliphatic hydroxyl groups excluding tert-OH is 3. The number of carbonyl (C=O) groups is 1. The van der Waals surface area contributed by atoms with E-state index in [9.17, 15) is 30.3 Å². The maximum Gasteiger partial charge on any atom is 0.252 e.